The van der Waals surface area contributed by atoms with Crippen LogP contribution in [0.1, 0.15) is 51.1 Å². The largest absolute Gasteiger partial charge is 0.310 e. The molecule has 100 valence electrons. The van der Waals surface area contributed by atoms with Crippen LogP contribution in [0.15, 0.2) is 28.7 Å². The molecule has 1 aromatic carbocycles. The summed E-state index contributed by atoms with van der Waals surface area (Å²) in [6, 6.07) is 9.05. The molecule has 0 radical (unpaired) electrons. The lowest BCUT2D eigenvalue weighted by Crippen LogP contribution is -2.28. The topological polar surface area (TPSA) is 12.0 Å². The number of nitrogens with one attached hydrogen (secondary N) is 1. The van der Waals surface area contributed by atoms with Gasteiger partial charge >= 0.3 is 0 Å². The monoisotopic (exact) mass is 309 g/mol. The van der Waals surface area contributed by atoms with Crippen LogP contribution in [0.5, 0.6) is 0 Å². The Bertz CT molecular complexity index is 369. The normalized spacial score (nSPS) is 25.9. The van der Waals surface area contributed by atoms with E-state index in [1.165, 1.54) is 42.3 Å². The number of rotatable bonds is 4. The molecule has 0 unspecified atom stereocenters. The van der Waals surface area contributed by atoms with Crippen LogP contribution in [0, 0.1) is 11.8 Å². The molecule has 1 atom stereocenters. The second-order valence-corrected chi connectivity index (χ2v) is 6.73. The smallest absolute Gasteiger partial charge is 0.0292 e. The number of benzene rings is 1. The molecule has 0 saturated heterocycles. The van der Waals surface area contributed by atoms with Crippen LogP contribution in [0.4, 0.5) is 0 Å². The predicted molar refractivity (Wildman–Crippen MR) is 81.7 cm³/mol. The van der Waals surface area contributed by atoms with Gasteiger partial charge in [-0.2, -0.15) is 0 Å². The van der Waals surface area contributed by atoms with Crippen molar-refractivity contribution in [2.75, 3.05) is 6.54 Å². The Kier molecular flexibility index (Phi) is 5.25. The summed E-state index contributed by atoms with van der Waals surface area (Å²) in [5.41, 5.74) is 1.37. The maximum absolute atomic E-state index is 3.69. The Hall–Kier alpha value is -0.340. The van der Waals surface area contributed by atoms with Gasteiger partial charge in [-0.1, -0.05) is 47.8 Å². The fourth-order valence-electron chi connectivity index (χ4n) is 2.77. The van der Waals surface area contributed by atoms with Crippen molar-refractivity contribution in [2.45, 2.75) is 45.6 Å². The first-order chi connectivity index (χ1) is 8.65. The van der Waals surface area contributed by atoms with Gasteiger partial charge in [-0.05, 0) is 55.8 Å². The van der Waals surface area contributed by atoms with Crippen molar-refractivity contribution in [3.63, 3.8) is 0 Å². The Morgan fingerprint density at radius 3 is 2.67 bits per heavy atom. The van der Waals surface area contributed by atoms with E-state index in [1.807, 2.05) is 0 Å². The summed E-state index contributed by atoms with van der Waals surface area (Å²) in [7, 11) is 0. The van der Waals surface area contributed by atoms with Gasteiger partial charge in [0.05, 0.1) is 0 Å². The summed E-state index contributed by atoms with van der Waals surface area (Å²) < 4.78 is 1.17. The summed E-state index contributed by atoms with van der Waals surface area (Å²) in [4.78, 5) is 0. The average molecular weight is 310 g/mol. The molecule has 18 heavy (non-hydrogen) atoms. The van der Waals surface area contributed by atoms with E-state index < -0.39 is 0 Å². The highest BCUT2D eigenvalue weighted by Gasteiger charge is 2.18. The van der Waals surface area contributed by atoms with Crippen molar-refractivity contribution in [2.24, 2.45) is 11.8 Å². The summed E-state index contributed by atoms with van der Waals surface area (Å²) in [5, 5.41) is 3.69. The lowest BCUT2D eigenvalue weighted by molar-refractivity contribution is 0.276. The molecule has 0 spiro atoms. The van der Waals surface area contributed by atoms with Crippen LogP contribution >= 0.6 is 15.9 Å². The van der Waals surface area contributed by atoms with Gasteiger partial charge in [0.2, 0.25) is 0 Å². The Labute approximate surface area is 119 Å². The van der Waals surface area contributed by atoms with Gasteiger partial charge in [-0.25, -0.2) is 0 Å². The summed E-state index contributed by atoms with van der Waals surface area (Å²) >= 11 is 3.54. The SMILES string of the molecule is CC1CCC(CN[C@H](C)c2cccc(Br)c2)CC1. The van der Waals surface area contributed by atoms with Gasteiger partial charge in [0.1, 0.15) is 0 Å². The highest BCUT2D eigenvalue weighted by atomic mass is 79.9. The van der Waals surface area contributed by atoms with E-state index in [0.717, 1.165) is 11.8 Å². The zero-order chi connectivity index (χ0) is 13.0. The fourth-order valence-corrected chi connectivity index (χ4v) is 3.19. The standard InChI is InChI=1S/C16H24BrN/c1-12-6-8-14(9-7-12)11-18-13(2)15-4-3-5-16(17)10-15/h3-5,10,12-14,18H,6-9,11H2,1-2H3/t12?,13-,14?/m1/s1. The molecule has 2 heteroatoms. The van der Waals surface area contributed by atoms with Crippen LogP contribution < -0.4 is 5.32 Å². The van der Waals surface area contributed by atoms with Crippen molar-refractivity contribution in [1.82, 2.24) is 5.32 Å². The summed E-state index contributed by atoms with van der Waals surface area (Å²) in [6.45, 7) is 5.81. The number of hydrogen-bond donors (Lipinski definition) is 1. The molecule has 1 nitrogen and oxygen atoms in total. The molecule has 1 aromatic rings. The summed E-state index contributed by atoms with van der Waals surface area (Å²) in [6.07, 6.45) is 5.63. The van der Waals surface area contributed by atoms with Crippen molar-refractivity contribution in [3.05, 3.63) is 34.3 Å². The first-order valence-corrected chi connectivity index (χ1v) is 7.93. The molecule has 1 fully saturated rings. The molecule has 0 heterocycles. The molecule has 1 aliphatic rings. The van der Waals surface area contributed by atoms with Crippen LogP contribution in [-0.4, -0.2) is 6.54 Å². The Balaban J connectivity index is 1.79. The molecule has 1 aliphatic carbocycles. The predicted octanol–water partition coefficient (Wildman–Crippen LogP) is 4.93. The molecule has 0 bridgehead atoms. The molecular formula is C16H24BrN. The molecule has 2 rings (SSSR count). The van der Waals surface area contributed by atoms with E-state index >= 15 is 0 Å². The second kappa shape index (κ2) is 6.72. The molecular weight excluding hydrogens is 286 g/mol. The van der Waals surface area contributed by atoms with Crippen LogP contribution in [0.2, 0.25) is 0 Å². The highest BCUT2D eigenvalue weighted by molar-refractivity contribution is 9.10. The van der Waals surface area contributed by atoms with E-state index in [2.05, 4.69) is 59.4 Å². The Morgan fingerprint density at radius 1 is 1.28 bits per heavy atom. The lowest BCUT2D eigenvalue weighted by atomic mass is 9.83. The fraction of sp³-hybridized carbons (Fsp3) is 0.625. The minimum Gasteiger partial charge on any atom is -0.310 e. The van der Waals surface area contributed by atoms with Crippen LogP contribution in [0.3, 0.4) is 0 Å². The van der Waals surface area contributed by atoms with Crippen molar-refractivity contribution >= 4 is 15.9 Å². The van der Waals surface area contributed by atoms with E-state index in [0.29, 0.717) is 6.04 Å². The lowest BCUT2D eigenvalue weighted by Gasteiger charge is -2.27. The quantitative estimate of drug-likeness (QED) is 0.832. The number of halogens is 1. The third-order valence-electron chi connectivity index (χ3n) is 4.20. The van der Waals surface area contributed by atoms with E-state index in [-0.39, 0.29) is 0 Å². The van der Waals surface area contributed by atoms with Crippen LogP contribution in [0.25, 0.3) is 0 Å². The van der Waals surface area contributed by atoms with Crippen molar-refractivity contribution in [1.29, 1.82) is 0 Å². The molecule has 0 aliphatic heterocycles. The van der Waals surface area contributed by atoms with Gasteiger partial charge in [0.15, 0.2) is 0 Å². The number of hydrogen-bond acceptors (Lipinski definition) is 1. The van der Waals surface area contributed by atoms with Gasteiger partial charge < -0.3 is 5.32 Å². The van der Waals surface area contributed by atoms with E-state index in [1.54, 1.807) is 0 Å². The molecule has 0 amide bonds. The van der Waals surface area contributed by atoms with Gasteiger partial charge in [-0.3, -0.25) is 0 Å². The summed E-state index contributed by atoms with van der Waals surface area (Å²) in [5.74, 6) is 1.83. The Morgan fingerprint density at radius 2 is 2.00 bits per heavy atom. The van der Waals surface area contributed by atoms with Crippen molar-refractivity contribution in [3.8, 4) is 0 Å². The maximum atomic E-state index is 3.69. The van der Waals surface area contributed by atoms with Gasteiger partial charge in [0.25, 0.3) is 0 Å². The maximum Gasteiger partial charge on any atom is 0.0292 e. The van der Waals surface area contributed by atoms with E-state index in [9.17, 15) is 0 Å². The van der Waals surface area contributed by atoms with Crippen LogP contribution in [-0.2, 0) is 0 Å². The van der Waals surface area contributed by atoms with E-state index in [4.69, 9.17) is 0 Å². The zero-order valence-electron chi connectivity index (χ0n) is 11.5. The van der Waals surface area contributed by atoms with Gasteiger partial charge in [-0.15, -0.1) is 0 Å². The van der Waals surface area contributed by atoms with Gasteiger partial charge in [0, 0.05) is 10.5 Å². The third-order valence-corrected chi connectivity index (χ3v) is 4.69. The first kappa shape index (κ1) is 14.1. The molecule has 1 N–H and O–H groups in total. The average Bonchev–Trinajstić information content (AvgIpc) is 2.38. The highest BCUT2D eigenvalue weighted by Crippen LogP contribution is 2.28. The first-order valence-electron chi connectivity index (χ1n) is 7.14. The molecule has 1 saturated carbocycles. The van der Waals surface area contributed by atoms with Crippen molar-refractivity contribution < 1.29 is 0 Å². The minimum atomic E-state index is 0.446. The molecule has 0 aromatic heterocycles. The minimum absolute atomic E-state index is 0.446. The second-order valence-electron chi connectivity index (χ2n) is 5.81. The third kappa shape index (κ3) is 4.10. The zero-order valence-corrected chi connectivity index (χ0v) is 13.0.